The summed E-state index contributed by atoms with van der Waals surface area (Å²) in [5, 5.41) is 13.0. The van der Waals surface area contributed by atoms with E-state index in [4.69, 9.17) is 9.72 Å². The number of benzene rings is 1. The predicted molar refractivity (Wildman–Crippen MR) is 123 cm³/mol. The molecule has 0 aliphatic heterocycles. The van der Waals surface area contributed by atoms with Crippen LogP contribution in [0.25, 0.3) is 16.7 Å². The van der Waals surface area contributed by atoms with Gasteiger partial charge in [0.05, 0.1) is 35.1 Å². The molecule has 1 aromatic carbocycles. The lowest BCUT2D eigenvalue weighted by Crippen LogP contribution is -2.34. The standard InChI is InChI=1S/C24H28N6O2/c1-14(11-18-13-29(5)27-16(18)3)26-24(31)21-12-15(2)25-23-22(21)17(4)28-30(23)19-7-9-20(32-6)10-8-19/h7-10,12-14H,11H2,1-6H3,(H,26,31)/t14-/m1/s1. The molecule has 166 valence electrons. The topological polar surface area (TPSA) is 86.9 Å². The number of rotatable bonds is 6. The molecule has 3 aromatic heterocycles. The van der Waals surface area contributed by atoms with Gasteiger partial charge in [0.25, 0.3) is 5.91 Å². The largest absolute Gasteiger partial charge is 0.497 e. The van der Waals surface area contributed by atoms with Gasteiger partial charge in [0.15, 0.2) is 5.65 Å². The van der Waals surface area contributed by atoms with Crippen LogP contribution in [0.3, 0.4) is 0 Å². The monoisotopic (exact) mass is 432 g/mol. The van der Waals surface area contributed by atoms with Crippen molar-refractivity contribution in [3.63, 3.8) is 0 Å². The molecular weight excluding hydrogens is 404 g/mol. The van der Waals surface area contributed by atoms with Crippen LogP contribution >= 0.6 is 0 Å². The second kappa shape index (κ2) is 8.45. The summed E-state index contributed by atoms with van der Waals surface area (Å²) >= 11 is 0. The Hall–Kier alpha value is -3.68. The number of carbonyl (C=O) groups is 1. The van der Waals surface area contributed by atoms with Crippen molar-refractivity contribution in [1.29, 1.82) is 0 Å². The molecule has 8 heteroatoms. The predicted octanol–water partition coefficient (Wildman–Crippen LogP) is 3.45. The maximum Gasteiger partial charge on any atom is 0.252 e. The fourth-order valence-electron chi connectivity index (χ4n) is 4.03. The summed E-state index contributed by atoms with van der Waals surface area (Å²) in [6.07, 6.45) is 2.71. The normalized spacial score (nSPS) is 12.2. The van der Waals surface area contributed by atoms with E-state index >= 15 is 0 Å². The molecule has 3 heterocycles. The molecule has 0 saturated heterocycles. The molecule has 0 saturated carbocycles. The molecule has 4 rings (SSSR count). The maximum atomic E-state index is 13.3. The summed E-state index contributed by atoms with van der Waals surface area (Å²) in [5.74, 6) is 0.635. The lowest BCUT2D eigenvalue weighted by atomic mass is 10.1. The number of pyridine rings is 1. The highest BCUT2D eigenvalue weighted by molar-refractivity contribution is 6.06. The van der Waals surface area contributed by atoms with Gasteiger partial charge in [0, 0.05) is 25.0 Å². The third-order valence-corrected chi connectivity index (χ3v) is 5.52. The van der Waals surface area contributed by atoms with Gasteiger partial charge >= 0.3 is 0 Å². The fourth-order valence-corrected chi connectivity index (χ4v) is 4.03. The summed E-state index contributed by atoms with van der Waals surface area (Å²) in [4.78, 5) is 18.0. The number of aryl methyl sites for hydroxylation is 4. The Labute approximate surface area is 187 Å². The number of carbonyl (C=O) groups excluding carboxylic acids is 1. The average Bonchev–Trinajstić information content (AvgIpc) is 3.25. The van der Waals surface area contributed by atoms with Crippen LogP contribution in [0.1, 0.15) is 39.9 Å². The summed E-state index contributed by atoms with van der Waals surface area (Å²) in [7, 11) is 3.54. The Morgan fingerprint density at radius 1 is 1.12 bits per heavy atom. The molecule has 1 atom stereocenters. The van der Waals surface area contributed by atoms with Gasteiger partial charge in [-0.15, -0.1) is 0 Å². The zero-order valence-electron chi connectivity index (χ0n) is 19.3. The molecule has 0 bridgehead atoms. The van der Waals surface area contributed by atoms with E-state index < -0.39 is 0 Å². The fraction of sp³-hybridized carbons (Fsp3) is 0.333. The van der Waals surface area contributed by atoms with Gasteiger partial charge in [0.2, 0.25) is 0 Å². The quantitative estimate of drug-likeness (QED) is 0.504. The first-order valence-corrected chi connectivity index (χ1v) is 10.6. The Morgan fingerprint density at radius 2 is 1.84 bits per heavy atom. The van der Waals surface area contributed by atoms with Crippen molar-refractivity contribution in [3.8, 4) is 11.4 Å². The van der Waals surface area contributed by atoms with E-state index in [2.05, 4.69) is 15.5 Å². The van der Waals surface area contributed by atoms with E-state index in [-0.39, 0.29) is 11.9 Å². The zero-order valence-corrected chi connectivity index (χ0v) is 19.3. The zero-order chi connectivity index (χ0) is 23.0. The summed E-state index contributed by atoms with van der Waals surface area (Å²) < 4.78 is 8.82. The molecule has 0 aliphatic carbocycles. The van der Waals surface area contributed by atoms with Crippen LogP contribution in [-0.4, -0.2) is 43.6 Å². The van der Waals surface area contributed by atoms with Gasteiger partial charge in [0.1, 0.15) is 5.75 Å². The number of methoxy groups -OCH3 is 1. The number of nitrogens with one attached hydrogen (secondary N) is 1. The Kier molecular flexibility index (Phi) is 5.69. The molecule has 1 N–H and O–H groups in total. The number of hydrogen-bond donors (Lipinski definition) is 1. The van der Waals surface area contributed by atoms with Crippen LogP contribution in [0.15, 0.2) is 36.5 Å². The van der Waals surface area contributed by atoms with Crippen LogP contribution in [0, 0.1) is 20.8 Å². The summed E-state index contributed by atoms with van der Waals surface area (Å²) in [6, 6.07) is 9.38. The minimum atomic E-state index is -0.132. The molecule has 32 heavy (non-hydrogen) atoms. The Morgan fingerprint density at radius 3 is 2.47 bits per heavy atom. The van der Waals surface area contributed by atoms with E-state index in [0.717, 1.165) is 39.5 Å². The Bertz CT molecular complexity index is 1290. The first kappa shape index (κ1) is 21.5. The summed E-state index contributed by atoms with van der Waals surface area (Å²) in [6.45, 7) is 7.78. The molecule has 0 aliphatic rings. The van der Waals surface area contributed by atoms with E-state index in [9.17, 15) is 4.79 Å². The number of aromatic nitrogens is 5. The average molecular weight is 433 g/mol. The summed E-state index contributed by atoms with van der Waals surface area (Å²) in [5.41, 5.74) is 5.71. The minimum absolute atomic E-state index is 0.0501. The smallest absolute Gasteiger partial charge is 0.252 e. The van der Waals surface area contributed by atoms with Gasteiger partial charge in [-0.05, 0) is 70.0 Å². The molecule has 0 unspecified atom stereocenters. The third-order valence-electron chi connectivity index (χ3n) is 5.52. The van der Waals surface area contributed by atoms with Crippen LogP contribution in [0.4, 0.5) is 0 Å². The first-order valence-electron chi connectivity index (χ1n) is 10.6. The van der Waals surface area contributed by atoms with Gasteiger partial charge in [-0.3, -0.25) is 9.48 Å². The highest BCUT2D eigenvalue weighted by Gasteiger charge is 2.21. The molecule has 0 fully saturated rings. The van der Waals surface area contributed by atoms with E-state index in [1.165, 1.54) is 0 Å². The van der Waals surface area contributed by atoms with Crippen LogP contribution in [0.5, 0.6) is 5.75 Å². The molecule has 4 aromatic rings. The number of nitrogens with zero attached hydrogens (tertiary/aromatic N) is 5. The SMILES string of the molecule is COc1ccc(-n2nc(C)c3c(C(=O)N[C@H](C)Cc4cn(C)nc4C)cc(C)nc32)cc1. The van der Waals surface area contributed by atoms with Crippen molar-refractivity contribution in [2.75, 3.05) is 7.11 Å². The van der Waals surface area contributed by atoms with Crippen LogP contribution < -0.4 is 10.1 Å². The van der Waals surface area contributed by atoms with Gasteiger partial charge in [-0.2, -0.15) is 10.2 Å². The van der Waals surface area contributed by atoms with Crippen LogP contribution in [0.2, 0.25) is 0 Å². The van der Waals surface area contributed by atoms with E-state index in [1.54, 1.807) is 16.5 Å². The number of ether oxygens (including phenoxy) is 1. The molecule has 8 nitrogen and oxygen atoms in total. The second-order valence-corrected chi connectivity index (χ2v) is 8.20. The number of fused-ring (bicyclic) bond motifs is 1. The van der Waals surface area contributed by atoms with E-state index in [0.29, 0.717) is 17.6 Å². The number of hydrogen-bond acceptors (Lipinski definition) is 5. The van der Waals surface area contributed by atoms with Crippen molar-refractivity contribution >= 4 is 16.9 Å². The molecular formula is C24H28N6O2. The molecule has 0 spiro atoms. The maximum absolute atomic E-state index is 13.3. The van der Waals surface area contributed by atoms with Crippen LogP contribution in [-0.2, 0) is 13.5 Å². The van der Waals surface area contributed by atoms with Crippen molar-refractivity contribution in [3.05, 3.63) is 64.7 Å². The highest BCUT2D eigenvalue weighted by atomic mass is 16.5. The molecule has 0 radical (unpaired) electrons. The van der Waals surface area contributed by atoms with E-state index in [1.807, 2.05) is 71.3 Å². The van der Waals surface area contributed by atoms with Gasteiger partial charge in [-0.1, -0.05) is 0 Å². The van der Waals surface area contributed by atoms with Crippen molar-refractivity contribution in [2.45, 2.75) is 40.2 Å². The highest BCUT2D eigenvalue weighted by Crippen LogP contribution is 2.26. The number of amides is 1. The lowest BCUT2D eigenvalue weighted by molar-refractivity contribution is 0.0941. The minimum Gasteiger partial charge on any atom is -0.497 e. The van der Waals surface area contributed by atoms with Crippen molar-refractivity contribution in [2.24, 2.45) is 7.05 Å². The second-order valence-electron chi connectivity index (χ2n) is 8.20. The molecule has 1 amide bonds. The first-order chi connectivity index (χ1) is 15.3. The van der Waals surface area contributed by atoms with Crippen molar-refractivity contribution in [1.82, 2.24) is 29.9 Å². The van der Waals surface area contributed by atoms with Crippen molar-refractivity contribution < 1.29 is 9.53 Å². The Balaban J connectivity index is 1.67. The van der Waals surface area contributed by atoms with Gasteiger partial charge in [-0.25, -0.2) is 9.67 Å². The third kappa shape index (κ3) is 4.08. The lowest BCUT2D eigenvalue weighted by Gasteiger charge is -2.14. The van der Waals surface area contributed by atoms with Gasteiger partial charge < -0.3 is 10.1 Å².